The Morgan fingerprint density at radius 1 is 0.583 bits per heavy atom. The fourth-order valence-corrected chi connectivity index (χ4v) is 1.31. The number of hydrogen-bond acceptors (Lipinski definition) is 6. The van der Waals surface area contributed by atoms with E-state index in [1.807, 2.05) is 0 Å². The van der Waals surface area contributed by atoms with Gasteiger partial charge in [0.2, 0.25) is 0 Å². The van der Waals surface area contributed by atoms with Gasteiger partial charge in [0.15, 0.2) is 0 Å². The lowest BCUT2D eigenvalue weighted by atomic mass is 9.82. The molecular weight excluding hydrogens is 164 g/mol. The molecule has 6 nitrogen and oxygen atoms in total. The Balaban J connectivity index is 2.76. The van der Waals surface area contributed by atoms with Crippen LogP contribution < -0.4 is 11.5 Å². The summed E-state index contributed by atoms with van der Waals surface area (Å²) in [4.78, 5) is 0. The molecule has 0 aromatic carbocycles. The Bertz CT molecular complexity index is 109. The Labute approximate surface area is 69.4 Å². The van der Waals surface area contributed by atoms with Gasteiger partial charge in [-0.3, -0.25) is 0 Å². The van der Waals surface area contributed by atoms with Crippen molar-refractivity contribution in [2.45, 2.75) is 36.5 Å². The predicted octanol–water partition coefficient (Wildman–Crippen LogP) is -3.90. The summed E-state index contributed by atoms with van der Waals surface area (Å²) in [5, 5.41) is 36.7. The lowest BCUT2D eigenvalue weighted by Gasteiger charge is -2.40. The first-order chi connectivity index (χ1) is 5.46. The molecule has 0 bridgehead atoms. The molecule has 0 saturated heterocycles. The maximum atomic E-state index is 9.18. The molecule has 1 fully saturated rings. The first-order valence-electron chi connectivity index (χ1n) is 3.70. The molecule has 6 heteroatoms. The molecule has 12 heavy (non-hydrogen) atoms. The van der Waals surface area contributed by atoms with Crippen LogP contribution in [0.15, 0.2) is 0 Å². The molecule has 0 aliphatic heterocycles. The van der Waals surface area contributed by atoms with E-state index in [1.165, 1.54) is 0 Å². The minimum absolute atomic E-state index is 1.06. The lowest BCUT2D eigenvalue weighted by Crippen LogP contribution is -2.68. The molecule has 1 saturated carbocycles. The molecule has 0 aromatic rings. The quantitative estimate of drug-likeness (QED) is 0.224. The van der Waals surface area contributed by atoms with E-state index in [4.69, 9.17) is 11.5 Å². The smallest absolute Gasteiger partial charge is 0.0992 e. The summed E-state index contributed by atoms with van der Waals surface area (Å²) in [7, 11) is 0. The highest BCUT2D eigenvalue weighted by Gasteiger charge is 2.45. The van der Waals surface area contributed by atoms with Gasteiger partial charge in [-0.05, 0) is 0 Å². The second kappa shape index (κ2) is 3.25. The zero-order chi connectivity index (χ0) is 9.46. The Hall–Kier alpha value is -0.240. The molecule has 1 rings (SSSR count). The third kappa shape index (κ3) is 1.33. The SMILES string of the molecule is NC1[C@@H](O)[C@H](O)C(N)[C@@H](O)[C@@H]1O. The Kier molecular flexibility index (Phi) is 2.67. The van der Waals surface area contributed by atoms with Crippen molar-refractivity contribution in [2.24, 2.45) is 11.5 Å². The van der Waals surface area contributed by atoms with Gasteiger partial charge >= 0.3 is 0 Å². The van der Waals surface area contributed by atoms with Gasteiger partial charge in [0.05, 0.1) is 36.5 Å². The molecule has 0 radical (unpaired) electrons. The van der Waals surface area contributed by atoms with Gasteiger partial charge in [-0.15, -0.1) is 0 Å². The Morgan fingerprint density at radius 2 is 0.750 bits per heavy atom. The largest absolute Gasteiger partial charge is 0.389 e. The molecule has 1 aliphatic carbocycles. The van der Waals surface area contributed by atoms with Crippen LogP contribution in [0.2, 0.25) is 0 Å². The number of hydrogen-bond donors (Lipinski definition) is 6. The third-order valence-electron chi connectivity index (χ3n) is 2.28. The van der Waals surface area contributed by atoms with Crippen molar-refractivity contribution in [2.75, 3.05) is 0 Å². The second-order valence-electron chi connectivity index (χ2n) is 3.12. The fourth-order valence-electron chi connectivity index (χ4n) is 1.31. The van der Waals surface area contributed by atoms with Crippen molar-refractivity contribution in [3.05, 3.63) is 0 Å². The summed E-state index contributed by atoms with van der Waals surface area (Å²) < 4.78 is 0. The average Bonchev–Trinajstić information content (AvgIpc) is 2.08. The molecule has 4 atom stereocenters. The summed E-state index contributed by atoms with van der Waals surface area (Å²) in [5.74, 6) is 0. The van der Waals surface area contributed by atoms with Crippen LogP contribution in [0.5, 0.6) is 0 Å². The number of rotatable bonds is 0. The summed E-state index contributed by atoms with van der Waals surface area (Å²) in [6, 6.07) is -2.12. The normalized spacial score (nSPS) is 55.5. The van der Waals surface area contributed by atoms with Gasteiger partial charge in [-0.25, -0.2) is 0 Å². The average molecular weight is 178 g/mol. The number of aliphatic hydroxyl groups is 4. The summed E-state index contributed by atoms with van der Waals surface area (Å²) in [6.45, 7) is 0. The zero-order valence-electron chi connectivity index (χ0n) is 6.41. The Morgan fingerprint density at radius 3 is 0.917 bits per heavy atom. The van der Waals surface area contributed by atoms with Gasteiger partial charge in [0, 0.05) is 0 Å². The van der Waals surface area contributed by atoms with Crippen molar-refractivity contribution < 1.29 is 20.4 Å². The van der Waals surface area contributed by atoms with Crippen molar-refractivity contribution in [3.63, 3.8) is 0 Å². The zero-order valence-corrected chi connectivity index (χ0v) is 6.41. The van der Waals surface area contributed by atoms with Gasteiger partial charge < -0.3 is 31.9 Å². The van der Waals surface area contributed by atoms with Crippen molar-refractivity contribution >= 4 is 0 Å². The minimum atomic E-state index is -1.29. The van der Waals surface area contributed by atoms with Gasteiger partial charge in [0.1, 0.15) is 0 Å². The summed E-state index contributed by atoms with van der Waals surface area (Å²) in [5.41, 5.74) is 10.6. The summed E-state index contributed by atoms with van der Waals surface area (Å²) >= 11 is 0. The van der Waals surface area contributed by atoms with Crippen LogP contribution >= 0.6 is 0 Å². The molecule has 0 spiro atoms. The van der Waals surface area contributed by atoms with Crippen LogP contribution in [0.1, 0.15) is 0 Å². The lowest BCUT2D eigenvalue weighted by molar-refractivity contribution is -0.131. The van der Waals surface area contributed by atoms with Crippen LogP contribution in [-0.4, -0.2) is 56.9 Å². The molecule has 0 unspecified atom stereocenters. The number of aliphatic hydroxyl groups excluding tert-OH is 4. The van der Waals surface area contributed by atoms with Crippen molar-refractivity contribution in [1.29, 1.82) is 0 Å². The topological polar surface area (TPSA) is 133 Å². The van der Waals surface area contributed by atoms with E-state index in [1.54, 1.807) is 0 Å². The minimum Gasteiger partial charge on any atom is -0.389 e. The van der Waals surface area contributed by atoms with Gasteiger partial charge in [-0.2, -0.15) is 0 Å². The van der Waals surface area contributed by atoms with Crippen LogP contribution in [0.25, 0.3) is 0 Å². The number of nitrogens with two attached hydrogens (primary N) is 2. The molecule has 72 valence electrons. The van der Waals surface area contributed by atoms with E-state index in [0.29, 0.717) is 0 Å². The standard InChI is InChI=1S/C6H14N2O4/c7-1-3(9)5(11)2(8)6(12)4(1)10/h1-6,9-12H,7-8H2/t1?,2?,3-,4-,5-,6-/m1/s1. The van der Waals surface area contributed by atoms with E-state index >= 15 is 0 Å². The van der Waals surface area contributed by atoms with Gasteiger partial charge in [-0.1, -0.05) is 0 Å². The van der Waals surface area contributed by atoms with Crippen LogP contribution in [0.3, 0.4) is 0 Å². The maximum absolute atomic E-state index is 9.18. The highest BCUT2D eigenvalue weighted by atomic mass is 16.4. The van der Waals surface area contributed by atoms with E-state index in [0.717, 1.165) is 0 Å². The molecule has 8 N–H and O–H groups in total. The van der Waals surface area contributed by atoms with E-state index in [2.05, 4.69) is 0 Å². The highest BCUT2D eigenvalue weighted by Crippen LogP contribution is 2.18. The molecule has 1 aliphatic rings. The monoisotopic (exact) mass is 178 g/mol. The van der Waals surface area contributed by atoms with Crippen molar-refractivity contribution in [1.82, 2.24) is 0 Å². The fraction of sp³-hybridized carbons (Fsp3) is 1.00. The molecular formula is C6H14N2O4. The maximum Gasteiger partial charge on any atom is 0.0992 e. The molecule has 0 amide bonds. The van der Waals surface area contributed by atoms with Crippen LogP contribution in [0.4, 0.5) is 0 Å². The first kappa shape index (κ1) is 9.85. The van der Waals surface area contributed by atoms with Crippen molar-refractivity contribution in [3.8, 4) is 0 Å². The molecule has 0 aromatic heterocycles. The highest BCUT2D eigenvalue weighted by molar-refractivity contribution is 5.02. The van der Waals surface area contributed by atoms with Crippen LogP contribution in [0, 0.1) is 0 Å². The van der Waals surface area contributed by atoms with E-state index < -0.39 is 36.5 Å². The third-order valence-corrected chi connectivity index (χ3v) is 2.28. The second-order valence-corrected chi connectivity index (χ2v) is 3.12. The van der Waals surface area contributed by atoms with E-state index in [-0.39, 0.29) is 0 Å². The predicted molar refractivity (Wildman–Crippen MR) is 40.0 cm³/mol. The molecule has 0 heterocycles. The first-order valence-corrected chi connectivity index (χ1v) is 3.70. The van der Waals surface area contributed by atoms with E-state index in [9.17, 15) is 20.4 Å². The van der Waals surface area contributed by atoms with Gasteiger partial charge in [0.25, 0.3) is 0 Å². The van der Waals surface area contributed by atoms with Crippen LogP contribution in [-0.2, 0) is 0 Å². The summed E-state index contributed by atoms with van der Waals surface area (Å²) in [6.07, 6.45) is -5.17.